The van der Waals surface area contributed by atoms with E-state index in [1.807, 2.05) is 20.2 Å². The van der Waals surface area contributed by atoms with Crippen molar-refractivity contribution in [3.63, 3.8) is 0 Å². The molecule has 1 aromatic heterocycles. The van der Waals surface area contributed by atoms with Crippen LogP contribution < -0.4 is 10.6 Å². The molecule has 0 aliphatic heterocycles. The van der Waals surface area contributed by atoms with Gasteiger partial charge in [0.25, 0.3) is 0 Å². The zero-order valence-corrected chi connectivity index (χ0v) is 9.53. The standard InChI is InChI=1S/C12H19N3/c1-9(13)8-15(2)12-6-10-4-3-5-11(10)7-14-12/h6-7,9H,3-5,8,13H2,1-2H3. The Morgan fingerprint density at radius 2 is 2.20 bits per heavy atom. The van der Waals surface area contributed by atoms with Crippen LogP contribution in [0, 0.1) is 0 Å². The molecule has 2 N–H and O–H groups in total. The van der Waals surface area contributed by atoms with Gasteiger partial charge in [-0.25, -0.2) is 4.98 Å². The van der Waals surface area contributed by atoms with E-state index in [0.717, 1.165) is 12.4 Å². The number of anilines is 1. The van der Waals surface area contributed by atoms with Gasteiger partial charge in [-0.1, -0.05) is 0 Å². The molecule has 0 saturated carbocycles. The Hall–Kier alpha value is -1.09. The van der Waals surface area contributed by atoms with E-state index in [2.05, 4.69) is 16.0 Å². The summed E-state index contributed by atoms with van der Waals surface area (Å²) in [5.74, 6) is 1.05. The first-order valence-corrected chi connectivity index (χ1v) is 5.61. The lowest BCUT2D eigenvalue weighted by atomic mass is 10.2. The molecule has 3 heteroatoms. The molecule has 1 heterocycles. The largest absolute Gasteiger partial charge is 0.358 e. The number of nitrogens with zero attached hydrogens (tertiary/aromatic N) is 2. The third-order valence-corrected chi connectivity index (χ3v) is 2.91. The molecular formula is C12H19N3. The smallest absolute Gasteiger partial charge is 0.128 e. The Morgan fingerprint density at radius 3 is 2.93 bits per heavy atom. The SMILES string of the molecule is CC(N)CN(C)c1cc2c(cn1)CCC2. The van der Waals surface area contributed by atoms with E-state index in [0.29, 0.717) is 0 Å². The molecule has 0 spiro atoms. The van der Waals surface area contributed by atoms with Crippen molar-refractivity contribution >= 4 is 5.82 Å². The van der Waals surface area contributed by atoms with Crippen LogP contribution in [0.1, 0.15) is 24.5 Å². The van der Waals surface area contributed by atoms with Crippen LogP contribution in [0.5, 0.6) is 0 Å². The zero-order chi connectivity index (χ0) is 10.8. The summed E-state index contributed by atoms with van der Waals surface area (Å²) in [6.07, 6.45) is 5.70. The van der Waals surface area contributed by atoms with Crippen molar-refractivity contribution in [2.75, 3.05) is 18.5 Å². The van der Waals surface area contributed by atoms with Crippen LogP contribution in [-0.4, -0.2) is 24.6 Å². The van der Waals surface area contributed by atoms with Crippen molar-refractivity contribution in [3.05, 3.63) is 23.4 Å². The maximum absolute atomic E-state index is 5.77. The lowest BCUT2D eigenvalue weighted by Crippen LogP contribution is -2.33. The van der Waals surface area contributed by atoms with Crippen LogP contribution in [0.2, 0.25) is 0 Å². The van der Waals surface area contributed by atoms with E-state index in [1.165, 1.54) is 30.4 Å². The van der Waals surface area contributed by atoms with E-state index in [1.54, 1.807) is 0 Å². The Kier molecular flexibility index (Phi) is 2.91. The molecule has 0 saturated heterocycles. The highest BCUT2D eigenvalue weighted by Gasteiger charge is 2.13. The second kappa shape index (κ2) is 4.19. The van der Waals surface area contributed by atoms with Gasteiger partial charge in [0.05, 0.1) is 0 Å². The molecule has 82 valence electrons. The summed E-state index contributed by atoms with van der Waals surface area (Å²) < 4.78 is 0. The zero-order valence-electron chi connectivity index (χ0n) is 9.53. The number of pyridine rings is 1. The van der Waals surface area contributed by atoms with E-state index in [-0.39, 0.29) is 6.04 Å². The Bertz CT molecular complexity index is 347. The van der Waals surface area contributed by atoms with Crippen molar-refractivity contribution in [2.24, 2.45) is 5.73 Å². The summed E-state index contributed by atoms with van der Waals surface area (Å²) >= 11 is 0. The quantitative estimate of drug-likeness (QED) is 0.810. The summed E-state index contributed by atoms with van der Waals surface area (Å²) in [6.45, 7) is 2.87. The summed E-state index contributed by atoms with van der Waals surface area (Å²) in [5.41, 5.74) is 8.67. The first-order valence-electron chi connectivity index (χ1n) is 5.61. The minimum atomic E-state index is 0.185. The molecule has 15 heavy (non-hydrogen) atoms. The second-order valence-electron chi connectivity index (χ2n) is 4.52. The molecule has 0 amide bonds. The molecule has 1 atom stereocenters. The third kappa shape index (κ3) is 2.29. The maximum Gasteiger partial charge on any atom is 0.128 e. The van der Waals surface area contributed by atoms with Crippen molar-refractivity contribution in [1.82, 2.24) is 4.98 Å². The van der Waals surface area contributed by atoms with Gasteiger partial charge in [0, 0.05) is 25.8 Å². The number of hydrogen-bond acceptors (Lipinski definition) is 3. The average molecular weight is 205 g/mol. The summed E-state index contributed by atoms with van der Waals surface area (Å²) in [7, 11) is 2.05. The first-order chi connectivity index (χ1) is 7.16. The monoisotopic (exact) mass is 205 g/mol. The Balaban J connectivity index is 2.15. The van der Waals surface area contributed by atoms with Gasteiger partial charge in [0.1, 0.15) is 5.82 Å². The van der Waals surface area contributed by atoms with Crippen LogP contribution >= 0.6 is 0 Å². The fourth-order valence-electron chi connectivity index (χ4n) is 2.17. The predicted molar refractivity (Wildman–Crippen MR) is 63.2 cm³/mol. The highest BCUT2D eigenvalue weighted by molar-refractivity contribution is 5.44. The van der Waals surface area contributed by atoms with Gasteiger partial charge < -0.3 is 10.6 Å². The first kappa shape index (κ1) is 10.4. The molecule has 0 radical (unpaired) electrons. The van der Waals surface area contributed by atoms with Crippen molar-refractivity contribution in [2.45, 2.75) is 32.2 Å². The molecule has 0 fully saturated rings. The minimum absolute atomic E-state index is 0.185. The van der Waals surface area contributed by atoms with Crippen LogP contribution in [0.15, 0.2) is 12.3 Å². The van der Waals surface area contributed by atoms with Gasteiger partial charge in [0.15, 0.2) is 0 Å². The Labute approximate surface area is 91.3 Å². The number of likely N-dealkylation sites (N-methyl/N-ethyl adjacent to an activating group) is 1. The molecule has 1 aliphatic carbocycles. The number of fused-ring (bicyclic) bond motifs is 1. The molecule has 0 aromatic carbocycles. The number of aryl methyl sites for hydroxylation is 2. The van der Waals surface area contributed by atoms with E-state index in [9.17, 15) is 0 Å². The lowest BCUT2D eigenvalue weighted by molar-refractivity contribution is 0.711. The fourth-order valence-corrected chi connectivity index (χ4v) is 2.17. The topological polar surface area (TPSA) is 42.1 Å². The molecule has 1 unspecified atom stereocenters. The van der Waals surface area contributed by atoms with Crippen molar-refractivity contribution in [1.29, 1.82) is 0 Å². The normalized spacial score (nSPS) is 16.2. The number of hydrogen-bond donors (Lipinski definition) is 1. The number of aromatic nitrogens is 1. The summed E-state index contributed by atoms with van der Waals surface area (Å²) in [6, 6.07) is 2.40. The third-order valence-electron chi connectivity index (χ3n) is 2.91. The molecule has 2 rings (SSSR count). The molecule has 3 nitrogen and oxygen atoms in total. The van der Waals surface area contributed by atoms with E-state index in [4.69, 9.17) is 5.73 Å². The van der Waals surface area contributed by atoms with Crippen molar-refractivity contribution < 1.29 is 0 Å². The number of nitrogens with two attached hydrogens (primary N) is 1. The van der Waals surface area contributed by atoms with Gasteiger partial charge in [-0.2, -0.15) is 0 Å². The fraction of sp³-hybridized carbons (Fsp3) is 0.583. The number of rotatable bonds is 3. The van der Waals surface area contributed by atoms with Gasteiger partial charge in [-0.15, -0.1) is 0 Å². The highest BCUT2D eigenvalue weighted by Crippen LogP contribution is 2.24. The predicted octanol–water partition coefficient (Wildman–Crippen LogP) is 1.35. The van der Waals surface area contributed by atoms with E-state index >= 15 is 0 Å². The lowest BCUT2D eigenvalue weighted by Gasteiger charge is -2.20. The van der Waals surface area contributed by atoms with Gasteiger partial charge in [-0.05, 0) is 43.4 Å². The summed E-state index contributed by atoms with van der Waals surface area (Å²) in [5, 5.41) is 0. The average Bonchev–Trinajstić information content (AvgIpc) is 2.62. The van der Waals surface area contributed by atoms with Crippen LogP contribution in [0.4, 0.5) is 5.82 Å². The van der Waals surface area contributed by atoms with Gasteiger partial charge in [-0.3, -0.25) is 0 Å². The molecule has 1 aromatic rings. The molecule has 1 aliphatic rings. The Morgan fingerprint density at radius 1 is 1.47 bits per heavy atom. The molecular weight excluding hydrogens is 186 g/mol. The van der Waals surface area contributed by atoms with Gasteiger partial charge >= 0.3 is 0 Å². The van der Waals surface area contributed by atoms with Crippen LogP contribution in [0.25, 0.3) is 0 Å². The van der Waals surface area contributed by atoms with Crippen LogP contribution in [-0.2, 0) is 12.8 Å². The minimum Gasteiger partial charge on any atom is -0.358 e. The van der Waals surface area contributed by atoms with Crippen molar-refractivity contribution in [3.8, 4) is 0 Å². The summed E-state index contributed by atoms with van der Waals surface area (Å²) in [4.78, 5) is 6.60. The highest BCUT2D eigenvalue weighted by atomic mass is 15.2. The van der Waals surface area contributed by atoms with E-state index < -0.39 is 0 Å². The molecule has 0 bridgehead atoms. The van der Waals surface area contributed by atoms with Crippen LogP contribution in [0.3, 0.4) is 0 Å². The second-order valence-corrected chi connectivity index (χ2v) is 4.52. The van der Waals surface area contributed by atoms with Gasteiger partial charge in [0.2, 0.25) is 0 Å². The maximum atomic E-state index is 5.77.